The molecule has 0 atom stereocenters. The number of hydrogen-bond donors (Lipinski definition) is 1. The van der Waals surface area contributed by atoms with Crippen molar-refractivity contribution in [3.05, 3.63) is 35.0 Å². The van der Waals surface area contributed by atoms with Gasteiger partial charge in [-0.15, -0.1) is 11.3 Å². The Morgan fingerprint density at radius 2 is 2.24 bits per heavy atom. The lowest BCUT2D eigenvalue weighted by Crippen LogP contribution is -1.94. The van der Waals surface area contributed by atoms with Crippen LogP contribution in [0.1, 0.15) is 17.6 Å². The molecule has 1 heterocycles. The molecule has 17 heavy (non-hydrogen) atoms. The van der Waals surface area contributed by atoms with E-state index in [0.717, 1.165) is 22.0 Å². The van der Waals surface area contributed by atoms with Crippen LogP contribution in [0.2, 0.25) is 0 Å². The number of nitrogens with zero attached hydrogens (tertiary/aromatic N) is 1. The van der Waals surface area contributed by atoms with Crippen LogP contribution in [0, 0.1) is 6.92 Å². The van der Waals surface area contributed by atoms with Gasteiger partial charge in [-0.05, 0) is 31.5 Å². The molecule has 0 aliphatic carbocycles. The van der Waals surface area contributed by atoms with Crippen molar-refractivity contribution in [2.75, 3.05) is 6.61 Å². The van der Waals surface area contributed by atoms with E-state index >= 15 is 0 Å². The molecule has 90 valence electrons. The lowest BCUT2D eigenvalue weighted by atomic mass is 10.1. The van der Waals surface area contributed by atoms with Gasteiger partial charge in [0.1, 0.15) is 10.8 Å². The molecule has 2 rings (SSSR count). The van der Waals surface area contributed by atoms with E-state index in [9.17, 15) is 0 Å². The summed E-state index contributed by atoms with van der Waals surface area (Å²) < 4.78 is 5.50. The third-order valence-electron chi connectivity index (χ3n) is 2.42. The maximum Gasteiger partial charge on any atom is 0.119 e. The highest BCUT2D eigenvalue weighted by atomic mass is 32.1. The highest BCUT2D eigenvalue weighted by molar-refractivity contribution is 7.15. The highest BCUT2D eigenvalue weighted by Crippen LogP contribution is 2.31. The molecule has 0 aliphatic rings. The first-order chi connectivity index (χ1) is 8.24. The van der Waals surface area contributed by atoms with Crippen molar-refractivity contribution < 1.29 is 4.74 Å². The van der Waals surface area contributed by atoms with Crippen molar-refractivity contribution in [1.82, 2.24) is 4.98 Å². The van der Waals surface area contributed by atoms with E-state index in [1.165, 1.54) is 4.88 Å². The van der Waals surface area contributed by atoms with Gasteiger partial charge in [0, 0.05) is 6.54 Å². The number of benzene rings is 1. The largest absolute Gasteiger partial charge is 0.494 e. The van der Waals surface area contributed by atoms with Gasteiger partial charge in [-0.1, -0.05) is 12.1 Å². The molecule has 1 aromatic heterocycles. The summed E-state index contributed by atoms with van der Waals surface area (Å²) in [6.45, 7) is 5.17. The van der Waals surface area contributed by atoms with Gasteiger partial charge < -0.3 is 10.5 Å². The normalized spacial score (nSPS) is 10.5. The van der Waals surface area contributed by atoms with Crippen LogP contribution in [-0.4, -0.2) is 11.6 Å². The third kappa shape index (κ3) is 2.65. The monoisotopic (exact) mass is 248 g/mol. The molecule has 1 aromatic carbocycles. The molecule has 0 bridgehead atoms. The van der Waals surface area contributed by atoms with Crippen molar-refractivity contribution >= 4 is 11.3 Å². The van der Waals surface area contributed by atoms with Gasteiger partial charge in [0.15, 0.2) is 0 Å². The summed E-state index contributed by atoms with van der Waals surface area (Å²) in [5.41, 5.74) is 7.79. The summed E-state index contributed by atoms with van der Waals surface area (Å²) in [6.07, 6.45) is 0. The molecule has 0 aliphatic heterocycles. The standard InChI is InChI=1S/C13H16N2OS/c1-3-16-11-6-4-5-10(7-11)13-9(2)15-12(8-14)17-13/h4-7H,3,8,14H2,1-2H3. The summed E-state index contributed by atoms with van der Waals surface area (Å²) in [7, 11) is 0. The second-order valence-corrected chi connectivity index (χ2v) is 4.77. The predicted molar refractivity (Wildman–Crippen MR) is 71.3 cm³/mol. The van der Waals surface area contributed by atoms with Crippen molar-refractivity contribution in [3.63, 3.8) is 0 Å². The summed E-state index contributed by atoms with van der Waals surface area (Å²) in [5.74, 6) is 0.895. The van der Waals surface area contributed by atoms with Crippen molar-refractivity contribution in [2.24, 2.45) is 5.73 Å². The van der Waals surface area contributed by atoms with Gasteiger partial charge in [0.05, 0.1) is 17.2 Å². The molecule has 4 heteroatoms. The molecule has 0 unspecified atom stereocenters. The summed E-state index contributed by atoms with van der Waals surface area (Å²) in [5, 5.41) is 0.972. The molecule has 0 radical (unpaired) electrons. The number of rotatable bonds is 4. The average Bonchev–Trinajstić information content (AvgIpc) is 2.71. The number of aryl methyl sites for hydroxylation is 1. The third-order valence-corrected chi connectivity index (χ3v) is 3.65. The molecule has 3 nitrogen and oxygen atoms in total. The number of nitrogens with two attached hydrogens (primary N) is 1. The average molecular weight is 248 g/mol. The van der Waals surface area contributed by atoms with Crippen LogP contribution in [-0.2, 0) is 6.54 Å². The Morgan fingerprint density at radius 1 is 1.41 bits per heavy atom. The zero-order valence-corrected chi connectivity index (χ0v) is 10.9. The Kier molecular flexibility index (Phi) is 3.76. The minimum Gasteiger partial charge on any atom is -0.494 e. The summed E-state index contributed by atoms with van der Waals surface area (Å²) in [4.78, 5) is 5.61. The molecular weight excluding hydrogens is 232 g/mol. The lowest BCUT2D eigenvalue weighted by molar-refractivity contribution is 0.340. The molecule has 0 saturated heterocycles. The first-order valence-corrected chi connectivity index (χ1v) is 6.46. The van der Waals surface area contributed by atoms with Gasteiger partial charge in [-0.25, -0.2) is 4.98 Å². The van der Waals surface area contributed by atoms with E-state index < -0.39 is 0 Å². The number of ether oxygens (including phenoxy) is 1. The maximum atomic E-state index is 5.61. The van der Waals surface area contributed by atoms with Crippen LogP contribution in [0.5, 0.6) is 5.75 Å². The Hall–Kier alpha value is -1.39. The predicted octanol–water partition coefficient (Wildman–Crippen LogP) is 2.98. The van der Waals surface area contributed by atoms with E-state index in [4.69, 9.17) is 10.5 Å². The fourth-order valence-corrected chi connectivity index (χ4v) is 2.64. The molecule has 2 N–H and O–H groups in total. The van der Waals surface area contributed by atoms with E-state index in [1.54, 1.807) is 11.3 Å². The van der Waals surface area contributed by atoms with Crippen LogP contribution >= 0.6 is 11.3 Å². The van der Waals surface area contributed by atoms with E-state index in [-0.39, 0.29) is 0 Å². The van der Waals surface area contributed by atoms with E-state index in [0.29, 0.717) is 13.2 Å². The minimum absolute atomic E-state index is 0.497. The molecule has 0 fully saturated rings. The number of thiazole rings is 1. The Balaban J connectivity index is 2.37. The van der Waals surface area contributed by atoms with Crippen LogP contribution in [0.3, 0.4) is 0 Å². The first kappa shape index (κ1) is 12.1. The van der Waals surface area contributed by atoms with Crippen molar-refractivity contribution in [1.29, 1.82) is 0 Å². The van der Waals surface area contributed by atoms with Crippen LogP contribution in [0.15, 0.2) is 24.3 Å². The molecule has 2 aromatic rings. The van der Waals surface area contributed by atoms with Gasteiger partial charge in [-0.3, -0.25) is 0 Å². The minimum atomic E-state index is 0.497. The van der Waals surface area contributed by atoms with Gasteiger partial charge >= 0.3 is 0 Å². The van der Waals surface area contributed by atoms with E-state index in [2.05, 4.69) is 11.1 Å². The fourth-order valence-electron chi connectivity index (χ4n) is 1.70. The fraction of sp³-hybridized carbons (Fsp3) is 0.308. The zero-order valence-electron chi connectivity index (χ0n) is 10.1. The lowest BCUT2D eigenvalue weighted by Gasteiger charge is -2.04. The second-order valence-electron chi connectivity index (χ2n) is 3.69. The first-order valence-electron chi connectivity index (χ1n) is 5.64. The second kappa shape index (κ2) is 5.29. The summed E-state index contributed by atoms with van der Waals surface area (Å²) in [6, 6.07) is 8.09. The zero-order chi connectivity index (χ0) is 12.3. The van der Waals surface area contributed by atoms with Gasteiger partial charge in [0.25, 0.3) is 0 Å². The van der Waals surface area contributed by atoms with Gasteiger partial charge in [0.2, 0.25) is 0 Å². The Labute approximate surface area is 105 Å². The quantitative estimate of drug-likeness (QED) is 0.905. The molecule has 0 saturated carbocycles. The maximum absolute atomic E-state index is 5.61. The molecule has 0 amide bonds. The van der Waals surface area contributed by atoms with Crippen LogP contribution in [0.4, 0.5) is 0 Å². The number of aromatic nitrogens is 1. The topological polar surface area (TPSA) is 48.1 Å². The van der Waals surface area contributed by atoms with Gasteiger partial charge in [-0.2, -0.15) is 0 Å². The Bertz CT molecular complexity index is 508. The van der Waals surface area contributed by atoms with Crippen molar-refractivity contribution in [2.45, 2.75) is 20.4 Å². The van der Waals surface area contributed by atoms with Crippen LogP contribution in [0.25, 0.3) is 10.4 Å². The molecule has 0 spiro atoms. The smallest absolute Gasteiger partial charge is 0.119 e. The SMILES string of the molecule is CCOc1cccc(-c2sc(CN)nc2C)c1. The highest BCUT2D eigenvalue weighted by Gasteiger charge is 2.09. The number of hydrogen-bond acceptors (Lipinski definition) is 4. The molecular formula is C13H16N2OS. The Morgan fingerprint density at radius 3 is 2.88 bits per heavy atom. The van der Waals surface area contributed by atoms with Crippen molar-refractivity contribution in [3.8, 4) is 16.2 Å². The van der Waals surface area contributed by atoms with Crippen LogP contribution < -0.4 is 10.5 Å². The summed E-state index contributed by atoms with van der Waals surface area (Å²) >= 11 is 1.65. The van der Waals surface area contributed by atoms with E-state index in [1.807, 2.05) is 32.0 Å².